The summed E-state index contributed by atoms with van der Waals surface area (Å²) in [5.74, 6) is -0.303. The van der Waals surface area contributed by atoms with Crippen LogP contribution < -0.4 is 11.1 Å². The van der Waals surface area contributed by atoms with Crippen LogP contribution in [0.2, 0.25) is 5.02 Å². The van der Waals surface area contributed by atoms with Gasteiger partial charge in [-0.25, -0.2) is 4.79 Å². The first-order valence-electron chi connectivity index (χ1n) is 8.57. The van der Waals surface area contributed by atoms with Gasteiger partial charge in [-0.05, 0) is 18.6 Å². The van der Waals surface area contributed by atoms with E-state index in [-0.39, 0.29) is 11.7 Å². The van der Waals surface area contributed by atoms with E-state index in [1.54, 1.807) is 22.8 Å². The van der Waals surface area contributed by atoms with E-state index in [4.69, 9.17) is 16.0 Å². The number of oxazole rings is 1. The Kier molecular flexibility index (Phi) is 5.78. The fraction of sp³-hybridized carbons (Fsp3) is 0.529. The van der Waals surface area contributed by atoms with Gasteiger partial charge in [-0.15, -0.1) is 0 Å². The highest BCUT2D eigenvalue weighted by Gasteiger charge is 2.20. The molecule has 0 radical (unpaired) electrons. The largest absolute Gasteiger partial charge is 0.421 e. The lowest BCUT2D eigenvalue weighted by Gasteiger charge is -2.34. The SMILES string of the molecule is CCCNC(=O)CN1CCN(Cn2c(=O)oc3cc(Cl)ccc32)CC1. The van der Waals surface area contributed by atoms with Crippen molar-refractivity contribution in [3.63, 3.8) is 0 Å². The molecule has 0 atom stereocenters. The second-order valence-corrected chi connectivity index (χ2v) is 6.73. The monoisotopic (exact) mass is 366 g/mol. The number of benzene rings is 1. The van der Waals surface area contributed by atoms with Crippen molar-refractivity contribution in [2.45, 2.75) is 20.0 Å². The standard InChI is InChI=1S/C17H23ClN4O3/c1-2-5-19-16(23)11-20-6-8-21(9-7-20)12-22-14-4-3-13(18)10-15(14)25-17(22)24/h3-4,10H,2,5-9,11-12H2,1H3,(H,19,23). The molecule has 136 valence electrons. The van der Waals surface area contributed by atoms with Gasteiger partial charge in [-0.3, -0.25) is 19.2 Å². The summed E-state index contributed by atoms with van der Waals surface area (Å²) in [7, 11) is 0. The van der Waals surface area contributed by atoms with E-state index in [2.05, 4.69) is 15.1 Å². The average molecular weight is 367 g/mol. The summed E-state index contributed by atoms with van der Waals surface area (Å²) in [5, 5.41) is 3.44. The summed E-state index contributed by atoms with van der Waals surface area (Å²) >= 11 is 5.94. The smallest absolute Gasteiger partial charge is 0.408 e. The summed E-state index contributed by atoms with van der Waals surface area (Å²) in [6.07, 6.45) is 0.943. The maximum Gasteiger partial charge on any atom is 0.421 e. The second kappa shape index (κ2) is 8.03. The Labute approximate surface area is 151 Å². The van der Waals surface area contributed by atoms with Crippen molar-refractivity contribution >= 4 is 28.6 Å². The van der Waals surface area contributed by atoms with Crippen LogP contribution in [0.15, 0.2) is 27.4 Å². The van der Waals surface area contributed by atoms with Gasteiger partial charge < -0.3 is 9.73 Å². The Bertz CT molecular complexity index is 793. The number of aromatic nitrogens is 1. The molecule has 7 nitrogen and oxygen atoms in total. The third kappa shape index (κ3) is 4.42. The highest BCUT2D eigenvalue weighted by atomic mass is 35.5. The first-order chi connectivity index (χ1) is 12.1. The molecular weight excluding hydrogens is 344 g/mol. The van der Waals surface area contributed by atoms with Gasteiger partial charge in [0.05, 0.1) is 18.7 Å². The third-order valence-corrected chi connectivity index (χ3v) is 4.61. The quantitative estimate of drug-likeness (QED) is 0.835. The normalized spacial score (nSPS) is 16.4. The zero-order valence-electron chi connectivity index (χ0n) is 14.3. The molecule has 1 fully saturated rings. The molecule has 1 aliphatic rings. The first-order valence-corrected chi connectivity index (χ1v) is 8.95. The number of carbonyl (C=O) groups is 1. The molecule has 0 unspecified atom stereocenters. The van der Waals surface area contributed by atoms with E-state index in [0.717, 1.165) is 44.7 Å². The van der Waals surface area contributed by atoms with Gasteiger partial charge in [0.15, 0.2) is 5.58 Å². The van der Waals surface area contributed by atoms with Crippen molar-refractivity contribution < 1.29 is 9.21 Å². The molecular formula is C17H23ClN4O3. The molecule has 1 N–H and O–H groups in total. The van der Waals surface area contributed by atoms with Crippen molar-refractivity contribution in [2.75, 3.05) is 39.3 Å². The molecule has 25 heavy (non-hydrogen) atoms. The highest BCUT2D eigenvalue weighted by molar-refractivity contribution is 6.31. The average Bonchev–Trinajstić information content (AvgIpc) is 2.89. The van der Waals surface area contributed by atoms with Crippen molar-refractivity contribution in [1.82, 2.24) is 19.7 Å². The number of amides is 1. The van der Waals surface area contributed by atoms with Crippen LogP contribution in [0.4, 0.5) is 0 Å². The van der Waals surface area contributed by atoms with Crippen LogP contribution in [-0.2, 0) is 11.5 Å². The topological polar surface area (TPSA) is 70.7 Å². The van der Waals surface area contributed by atoms with Crippen LogP contribution in [0, 0.1) is 0 Å². The van der Waals surface area contributed by atoms with Gasteiger partial charge in [0.2, 0.25) is 5.91 Å². The molecule has 2 aromatic rings. The first kappa shape index (κ1) is 18.0. The Morgan fingerprint density at radius 2 is 1.96 bits per heavy atom. The minimum atomic E-state index is -0.376. The van der Waals surface area contributed by atoms with E-state index in [1.807, 2.05) is 6.92 Å². The van der Waals surface area contributed by atoms with Crippen molar-refractivity contribution in [1.29, 1.82) is 0 Å². The van der Waals surface area contributed by atoms with Crippen LogP contribution in [0.1, 0.15) is 13.3 Å². The number of hydrogen-bond donors (Lipinski definition) is 1. The van der Waals surface area contributed by atoms with Crippen LogP contribution in [0.3, 0.4) is 0 Å². The predicted molar refractivity (Wildman–Crippen MR) is 96.8 cm³/mol. The molecule has 1 aliphatic heterocycles. The number of halogens is 1. The van der Waals surface area contributed by atoms with Gasteiger partial charge in [-0.2, -0.15) is 0 Å². The Balaban J connectivity index is 1.57. The van der Waals surface area contributed by atoms with Gasteiger partial charge >= 0.3 is 5.76 Å². The fourth-order valence-corrected chi connectivity index (χ4v) is 3.15. The molecule has 1 aromatic heterocycles. The second-order valence-electron chi connectivity index (χ2n) is 6.29. The molecule has 2 heterocycles. The summed E-state index contributed by atoms with van der Waals surface area (Å²) in [5.41, 5.74) is 1.25. The molecule has 0 bridgehead atoms. The molecule has 0 saturated carbocycles. The fourth-order valence-electron chi connectivity index (χ4n) is 2.99. The van der Waals surface area contributed by atoms with Crippen LogP contribution >= 0.6 is 11.6 Å². The number of hydrogen-bond acceptors (Lipinski definition) is 5. The zero-order valence-corrected chi connectivity index (χ0v) is 15.1. The number of carbonyl (C=O) groups excluding carboxylic acids is 1. The minimum Gasteiger partial charge on any atom is -0.408 e. The number of fused-ring (bicyclic) bond motifs is 1. The van der Waals surface area contributed by atoms with E-state index < -0.39 is 0 Å². The number of nitrogens with one attached hydrogen (secondary N) is 1. The highest BCUT2D eigenvalue weighted by Crippen LogP contribution is 2.18. The van der Waals surface area contributed by atoms with Crippen molar-refractivity contribution in [3.8, 4) is 0 Å². The summed E-state index contributed by atoms with van der Waals surface area (Å²) < 4.78 is 6.89. The predicted octanol–water partition coefficient (Wildman–Crippen LogP) is 1.35. The van der Waals surface area contributed by atoms with Crippen LogP contribution in [0.5, 0.6) is 0 Å². The van der Waals surface area contributed by atoms with Gasteiger partial charge in [0.1, 0.15) is 0 Å². The van der Waals surface area contributed by atoms with E-state index >= 15 is 0 Å². The molecule has 1 saturated heterocycles. The zero-order chi connectivity index (χ0) is 17.8. The van der Waals surface area contributed by atoms with Gasteiger partial charge in [0, 0.05) is 43.8 Å². The van der Waals surface area contributed by atoms with E-state index in [1.165, 1.54) is 0 Å². The van der Waals surface area contributed by atoms with E-state index in [9.17, 15) is 9.59 Å². The molecule has 1 amide bonds. The third-order valence-electron chi connectivity index (χ3n) is 4.38. The minimum absolute atomic E-state index is 0.0734. The number of rotatable bonds is 6. The van der Waals surface area contributed by atoms with E-state index in [0.29, 0.717) is 23.8 Å². The Hall–Kier alpha value is -1.83. The molecule has 0 aliphatic carbocycles. The summed E-state index contributed by atoms with van der Waals surface area (Å²) in [4.78, 5) is 28.2. The summed E-state index contributed by atoms with van der Waals surface area (Å²) in [6, 6.07) is 5.21. The Morgan fingerprint density at radius 3 is 2.68 bits per heavy atom. The lowest BCUT2D eigenvalue weighted by molar-refractivity contribution is -0.122. The maximum absolute atomic E-state index is 12.1. The van der Waals surface area contributed by atoms with Crippen LogP contribution in [-0.4, -0.2) is 59.5 Å². The molecule has 0 spiro atoms. The van der Waals surface area contributed by atoms with Gasteiger partial charge in [-0.1, -0.05) is 18.5 Å². The lowest BCUT2D eigenvalue weighted by Crippen LogP contribution is -2.50. The number of piperazine rings is 1. The summed E-state index contributed by atoms with van der Waals surface area (Å²) in [6.45, 7) is 6.87. The van der Waals surface area contributed by atoms with Crippen molar-refractivity contribution in [3.05, 3.63) is 33.8 Å². The maximum atomic E-state index is 12.1. The lowest BCUT2D eigenvalue weighted by atomic mass is 10.3. The van der Waals surface area contributed by atoms with Gasteiger partial charge in [0.25, 0.3) is 0 Å². The van der Waals surface area contributed by atoms with Crippen LogP contribution in [0.25, 0.3) is 11.1 Å². The molecule has 1 aromatic carbocycles. The molecule has 3 rings (SSSR count). The molecule has 8 heteroatoms. The van der Waals surface area contributed by atoms with Crippen molar-refractivity contribution in [2.24, 2.45) is 0 Å². The Morgan fingerprint density at radius 1 is 1.24 bits per heavy atom. The number of nitrogens with zero attached hydrogens (tertiary/aromatic N) is 3.